The van der Waals surface area contributed by atoms with E-state index in [2.05, 4.69) is 37.4 Å². The van der Waals surface area contributed by atoms with Crippen molar-refractivity contribution in [1.82, 2.24) is 0 Å². The Balaban J connectivity index is 2.36. The van der Waals surface area contributed by atoms with Gasteiger partial charge in [-0.3, -0.25) is 0 Å². The Morgan fingerprint density at radius 1 is 1.50 bits per heavy atom. The van der Waals surface area contributed by atoms with Crippen molar-refractivity contribution in [3.63, 3.8) is 0 Å². The number of nitrogens with two attached hydrogens (primary N) is 1. The predicted molar refractivity (Wildman–Crippen MR) is 87.8 cm³/mol. The van der Waals surface area contributed by atoms with Crippen LogP contribution in [0.1, 0.15) is 16.7 Å². The van der Waals surface area contributed by atoms with Crippen molar-refractivity contribution in [3.8, 4) is 0 Å². The molecule has 3 N–H and O–H groups in total. The molecule has 4 nitrogen and oxygen atoms in total. The molecule has 106 valence electrons. The van der Waals surface area contributed by atoms with Crippen molar-refractivity contribution >= 4 is 38.8 Å². The Hall–Kier alpha value is -1.53. The number of aryl methyl sites for hydroxylation is 1. The van der Waals surface area contributed by atoms with Crippen molar-refractivity contribution in [1.29, 1.82) is 0 Å². The zero-order valence-corrected chi connectivity index (χ0v) is 13.7. The molecule has 0 saturated carbocycles. The lowest BCUT2D eigenvalue weighted by Gasteiger charge is -2.23. The van der Waals surface area contributed by atoms with Gasteiger partial charge in [0.1, 0.15) is 0 Å². The maximum absolute atomic E-state index is 8.92. The molecule has 0 unspecified atom stereocenters. The third-order valence-corrected chi connectivity index (χ3v) is 4.60. The molecule has 0 amide bonds. The molecule has 0 bridgehead atoms. The average Bonchev–Trinajstić information content (AvgIpc) is 2.82. The number of rotatable bonds is 4. The normalized spacial score (nSPS) is 11.7. The van der Waals surface area contributed by atoms with Gasteiger partial charge in [-0.15, -0.1) is 11.3 Å². The summed E-state index contributed by atoms with van der Waals surface area (Å²) >= 11 is 5.13. The van der Waals surface area contributed by atoms with Gasteiger partial charge in [-0.05, 0) is 51.5 Å². The van der Waals surface area contributed by atoms with Crippen LogP contribution in [0.5, 0.6) is 0 Å². The molecule has 0 aliphatic heterocycles. The summed E-state index contributed by atoms with van der Waals surface area (Å²) in [5.74, 6) is 0.127. The van der Waals surface area contributed by atoms with E-state index in [1.165, 1.54) is 5.56 Å². The molecule has 0 aliphatic carbocycles. The minimum absolute atomic E-state index is 0.127. The largest absolute Gasteiger partial charge is 0.409 e. The van der Waals surface area contributed by atoms with Crippen molar-refractivity contribution in [2.45, 2.75) is 13.5 Å². The number of hydrogen-bond acceptors (Lipinski definition) is 4. The van der Waals surface area contributed by atoms with Crippen LogP contribution in [0.15, 0.2) is 38.6 Å². The van der Waals surface area contributed by atoms with E-state index in [0.29, 0.717) is 0 Å². The van der Waals surface area contributed by atoms with E-state index in [4.69, 9.17) is 10.9 Å². The van der Waals surface area contributed by atoms with Gasteiger partial charge in [0.25, 0.3) is 0 Å². The third-order valence-electron chi connectivity index (χ3n) is 3.04. The standard InChI is InChI=1S/C14H16BrN3OS/c1-9-4-3-5-11(14(16)17-19)13(9)18(2)7-10-6-12(15)20-8-10/h3-6,8,19H,7H2,1-2H3,(H2,16,17). The van der Waals surface area contributed by atoms with Crippen LogP contribution < -0.4 is 10.6 Å². The number of nitrogens with zero attached hydrogens (tertiary/aromatic N) is 2. The van der Waals surface area contributed by atoms with Crippen LogP contribution in [-0.4, -0.2) is 18.1 Å². The molecule has 0 spiro atoms. The van der Waals surface area contributed by atoms with Crippen LogP contribution in [0, 0.1) is 6.92 Å². The molecule has 0 atom stereocenters. The molecule has 2 rings (SSSR count). The summed E-state index contributed by atoms with van der Waals surface area (Å²) in [6, 6.07) is 7.88. The Morgan fingerprint density at radius 2 is 2.25 bits per heavy atom. The number of halogens is 1. The summed E-state index contributed by atoms with van der Waals surface area (Å²) in [6.45, 7) is 2.78. The van der Waals surface area contributed by atoms with E-state index in [-0.39, 0.29) is 5.84 Å². The maximum atomic E-state index is 8.92. The van der Waals surface area contributed by atoms with Gasteiger partial charge in [0, 0.05) is 19.2 Å². The lowest BCUT2D eigenvalue weighted by molar-refractivity contribution is 0.318. The molecule has 0 fully saturated rings. The summed E-state index contributed by atoms with van der Waals surface area (Å²) in [6.07, 6.45) is 0. The number of thiophene rings is 1. The van der Waals surface area contributed by atoms with Gasteiger partial charge in [-0.25, -0.2) is 0 Å². The van der Waals surface area contributed by atoms with E-state index in [1.54, 1.807) is 11.3 Å². The number of benzene rings is 1. The van der Waals surface area contributed by atoms with Crippen molar-refractivity contribution in [3.05, 3.63) is 50.1 Å². The smallest absolute Gasteiger partial charge is 0.172 e. The van der Waals surface area contributed by atoms with Gasteiger partial charge >= 0.3 is 0 Å². The molecule has 1 aromatic heterocycles. The van der Waals surface area contributed by atoms with Crippen LogP contribution >= 0.6 is 27.3 Å². The lowest BCUT2D eigenvalue weighted by Crippen LogP contribution is -2.23. The Bertz CT molecular complexity index is 639. The summed E-state index contributed by atoms with van der Waals surface area (Å²) in [4.78, 5) is 2.11. The summed E-state index contributed by atoms with van der Waals surface area (Å²) in [7, 11) is 2.00. The van der Waals surface area contributed by atoms with Crippen LogP contribution in [0.4, 0.5) is 5.69 Å². The van der Waals surface area contributed by atoms with Crippen LogP contribution in [0.3, 0.4) is 0 Å². The number of anilines is 1. The zero-order chi connectivity index (χ0) is 14.7. The van der Waals surface area contributed by atoms with Gasteiger partial charge in [0.15, 0.2) is 5.84 Å². The fraction of sp³-hybridized carbons (Fsp3) is 0.214. The van der Waals surface area contributed by atoms with Crippen molar-refractivity contribution in [2.24, 2.45) is 10.9 Å². The zero-order valence-electron chi connectivity index (χ0n) is 11.3. The summed E-state index contributed by atoms with van der Waals surface area (Å²) < 4.78 is 1.11. The lowest BCUT2D eigenvalue weighted by atomic mass is 10.1. The third kappa shape index (κ3) is 3.13. The molecule has 0 radical (unpaired) electrons. The highest BCUT2D eigenvalue weighted by Gasteiger charge is 2.14. The molecule has 1 aromatic carbocycles. The Morgan fingerprint density at radius 3 is 2.85 bits per heavy atom. The second-order valence-corrected chi connectivity index (χ2v) is 6.86. The molecular weight excluding hydrogens is 338 g/mol. The average molecular weight is 354 g/mol. The molecular formula is C14H16BrN3OS. The number of para-hydroxylation sites is 1. The number of hydrogen-bond donors (Lipinski definition) is 2. The molecule has 0 saturated heterocycles. The van der Waals surface area contributed by atoms with Crippen LogP contribution in [-0.2, 0) is 6.54 Å². The molecule has 0 aliphatic rings. The Kier molecular flexibility index (Phi) is 4.67. The first-order chi connectivity index (χ1) is 9.52. The number of amidine groups is 1. The van der Waals surface area contributed by atoms with Gasteiger partial charge in [0.2, 0.25) is 0 Å². The molecule has 1 heterocycles. The van der Waals surface area contributed by atoms with E-state index in [0.717, 1.165) is 27.1 Å². The van der Waals surface area contributed by atoms with E-state index in [1.807, 2.05) is 32.2 Å². The van der Waals surface area contributed by atoms with E-state index >= 15 is 0 Å². The van der Waals surface area contributed by atoms with Gasteiger partial charge in [-0.1, -0.05) is 17.3 Å². The fourth-order valence-electron chi connectivity index (χ4n) is 2.21. The van der Waals surface area contributed by atoms with Crippen LogP contribution in [0.25, 0.3) is 0 Å². The minimum atomic E-state index is 0.127. The first-order valence-corrected chi connectivity index (χ1v) is 7.71. The Labute approximate surface area is 130 Å². The first kappa shape index (κ1) is 14.9. The second kappa shape index (κ2) is 6.28. The molecule has 20 heavy (non-hydrogen) atoms. The molecule has 6 heteroatoms. The highest BCUT2D eigenvalue weighted by Crippen LogP contribution is 2.27. The quantitative estimate of drug-likeness (QED) is 0.382. The highest BCUT2D eigenvalue weighted by atomic mass is 79.9. The topological polar surface area (TPSA) is 61.9 Å². The van der Waals surface area contributed by atoms with Gasteiger partial charge < -0.3 is 15.8 Å². The predicted octanol–water partition coefficient (Wildman–Crippen LogP) is 3.55. The van der Waals surface area contributed by atoms with E-state index in [9.17, 15) is 0 Å². The van der Waals surface area contributed by atoms with Crippen LogP contribution in [0.2, 0.25) is 0 Å². The highest BCUT2D eigenvalue weighted by molar-refractivity contribution is 9.11. The SMILES string of the molecule is Cc1cccc(/C(N)=N/O)c1N(C)Cc1csc(Br)c1. The van der Waals surface area contributed by atoms with Crippen molar-refractivity contribution < 1.29 is 5.21 Å². The minimum Gasteiger partial charge on any atom is -0.409 e. The van der Waals surface area contributed by atoms with Gasteiger partial charge in [-0.2, -0.15) is 0 Å². The monoisotopic (exact) mass is 353 g/mol. The molecule has 2 aromatic rings. The van der Waals surface area contributed by atoms with Gasteiger partial charge in [0.05, 0.1) is 9.47 Å². The number of oxime groups is 1. The summed E-state index contributed by atoms with van der Waals surface area (Å²) in [5, 5.41) is 14.1. The maximum Gasteiger partial charge on any atom is 0.172 e. The summed E-state index contributed by atoms with van der Waals surface area (Å²) in [5.41, 5.74) is 9.79. The second-order valence-electron chi connectivity index (χ2n) is 4.57. The first-order valence-electron chi connectivity index (χ1n) is 6.04. The van der Waals surface area contributed by atoms with Crippen molar-refractivity contribution in [2.75, 3.05) is 11.9 Å². The van der Waals surface area contributed by atoms with E-state index < -0.39 is 0 Å². The fourth-order valence-corrected chi connectivity index (χ4v) is 3.41.